The van der Waals surface area contributed by atoms with Gasteiger partial charge in [0.2, 0.25) is 0 Å². The first-order valence-corrected chi connectivity index (χ1v) is 4.95. The molecular formula is C10H16N2O5. The van der Waals surface area contributed by atoms with Crippen LogP contribution in [-0.2, 0) is 9.59 Å². The molecule has 0 aromatic heterocycles. The molecule has 0 heterocycles. The Hall–Kier alpha value is -2.05. The Kier molecular flexibility index (Phi) is 6.39. The Morgan fingerprint density at radius 2 is 2.00 bits per heavy atom. The zero-order valence-corrected chi connectivity index (χ0v) is 9.55. The van der Waals surface area contributed by atoms with Crippen LogP contribution in [0.3, 0.4) is 0 Å². The van der Waals surface area contributed by atoms with Crippen molar-refractivity contribution in [2.75, 3.05) is 13.6 Å². The number of carbonyl (C=O) groups is 3. The summed E-state index contributed by atoms with van der Waals surface area (Å²) in [6, 6.07) is -1.78. The summed E-state index contributed by atoms with van der Waals surface area (Å²) >= 11 is 0. The van der Waals surface area contributed by atoms with Crippen molar-refractivity contribution in [3.63, 3.8) is 0 Å². The zero-order valence-electron chi connectivity index (χ0n) is 9.55. The summed E-state index contributed by atoms with van der Waals surface area (Å²) in [5, 5.41) is 19.5. The van der Waals surface area contributed by atoms with Gasteiger partial charge in [0, 0.05) is 20.0 Å². The zero-order chi connectivity index (χ0) is 13.4. The second-order valence-corrected chi connectivity index (χ2v) is 3.44. The van der Waals surface area contributed by atoms with Crippen LogP contribution >= 0.6 is 0 Å². The van der Waals surface area contributed by atoms with E-state index in [2.05, 4.69) is 11.9 Å². The standard InChI is InChI=1S/C10H16N2O5/c1-3-6-12(2)10(17)11-7(9(15)16)4-5-8(13)14/h3,7H,1,4-6H2,2H3,(H,11,17)(H,13,14)(H,15,16). The number of hydrogen-bond acceptors (Lipinski definition) is 3. The maximum Gasteiger partial charge on any atom is 0.326 e. The Bertz CT molecular complexity index is 316. The molecule has 0 aliphatic rings. The number of likely N-dealkylation sites (N-methyl/N-ethyl adjacent to an activating group) is 1. The maximum atomic E-state index is 11.4. The Labute approximate surface area is 98.7 Å². The fraction of sp³-hybridized carbons (Fsp3) is 0.500. The van der Waals surface area contributed by atoms with E-state index in [4.69, 9.17) is 10.2 Å². The average Bonchev–Trinajstić information content (AvgIpc) is 2.23. The van der Waals surface area contributed by atoms with Crippen LogP contribution in [0.1, 0.15) is 12.8 Å². The number of nitrogens with one attached hydrogen (secondary N) is 1. The number of urea groups is 1. The van der Waals surface area contributed by atoms with E-state index in [0.29, 0.717) is 0 Å². The van der Waals surface area contributed by atoms with Gasteiger partial charge in [0.15, 0.2) is 0 Å². The number of hydrogen-bond donors (Lipinski definition) is 3. The molecule has 0 aromatic carbocycles. The average molecular weight is 244 g/mol. The molecule has 0 rings (SSSR count). The normalized spacial score (nSPS) is 11.4. The van der Waals surface area contributed by atoms with Gasteiger partial charge >= 0.3 is 18.0 Å². The number of aliphatic carboxylic acids is 2. The van der Waals surface area contributed by atoms with Crippen LogP contribution < -0.4 is 5.32 Å². The molecule has 0 saturated heterocycles. The predicted octanol–water partition coefficient (Wildman–Crippen LogP) is 0.132. The van der Waals surface area contributed by atoms with Crippen LogP contribution in [0.5, 0.6) is 0 Å². The van der Waals surface area contributed by atoms with Gasteiger partial charge in [-0.25, -0.2) is 9.59 Å². The van der Waals surface area contributed by atoms with Gasteiger partial charge in [0.25, 0.3) is 0 Å². The maximum absolute atomic E-state index is 11.4. The van der Waals surface area contributed by atoms with Crippen molar-refractivity contribution < 1.29 is 24.6 Å². The van der Waals surface area contributed by atoms with Gasteiger partial charge < -0.3 is 20.4 Å². The molecule has 3 N–H and O–H groups in total. The van der Waals surface area contributed by atoms with E-state index < -0.39 is 24.0 Å². The van der Waals surface area contributed by atoms with E-state index in [9.17, 15) is 14.4 Å². The summed E-state index contributed by atoms with van der Waals surface area (Å²) in [4.78, 5) is 33.8. The molecule has 96 valence electrons. The summed E-state index contributed by atoms with van der Waals surface area (Å²) in [5.41, 5.74) is 0. The lowest BCUT2D eigenvalue weighted by atomic mass is 10.1. The summed E-state index contributed by atoms with van der Waals surface area (Å²) in [6.07, 6.45) is 1.02. The van der Waals surface area contributed by atoms with Crippen LogP contribution in [0.2, 0.25) is 0 Å². The third kappa shape index (κ3) is 6.18. The van der Waals surface area contributed by atoms with Crippen LogP contribution in [0.15, 0.2) is 12.7 Å². The van der Waals surface area contributed by atoms with E-state index in [0.717, 1.165) is 0 Å². The fourth-order valence-electron chi connectivity index (χ4n) is 1.06. The molecule has 0 radical (unpaired) electrons. The second kappa shape index (κ2) is 7.26. The van der Waals surface area contributed by atoms with E-state index in [1.54, 1.807) is 0 Å². The highest BCUT2D eigenvalue weighted by Crippen LogP contribution is 1.99. The number of nitrogens with zero attached hydrogens (tertiary/aromatic N) is 1. The molecule has 7 nitrogen and oxygen atoms in total. The molecule has 7 heteroatoms. The van der Waals surface area contributed by atoms with Gasteiger partial charge in [-0.05, 0) is 6.42 Å². The molecule has 2 amide bonds. The minimum absolute atomic E-state index is 0.154. The van der Waals surface area contributed by atoms with Crippen molar-refractivity contribution >= 4 is 18.0 Å². The van der Waals surface area contributed by atoms with Gasteiger partial charge in [0.1, 0.15) is 6.04 Å². The topological polar surface area (TPSA) is 107 Å². The summed E-state index contributed by atoms with van der Waals surface area (Å²) in [7, 11) is 1.48. The molecule has 0 spiro atoms. The van der Waals surface area contributed by atoms with Crippen LogP contribution in [-0.4, -0.2) is 52.7 Å². The third-order valence-electron chi connectivity index (χ3n) is 1.99. The van der Waals surface area contributed by atoms with Gasteiger partial charge in [-0.1, -0.05) is 6.08 Å². The molecule has 17 heavy (non-hydrogen) atoms. The SMILES string of the molecule is C=CCN(C)C(=O)NC(CCC(=O)O)C(=O)O. The summed E-state index contributed by atoms with van der Waals surface area (Å²) < 4.78 is 0. The Morgan fingerprint density at radius 3 is 2.41 bits per heavy atom. The number of carboxylic acids is 2. The quantitative estimate of drug-likeness (QED) is 0.552. The largest absolute Gasteiger partial charge is 0.481 e. The highest BCUT2D eigenvalue weighted by atomic mass is 16.4. The Morgan fingerprint density at radius 1 is 1.41 bits per heavy atom. The molecular weight excluding hydrogens is 228 g/mol. The predicted molar refractivity (Wildman–Crippen MR) is 59.7 cm³/mol. The van der Waals surface area contributed by atoms with Gasteiger partial charge in [-0.15, -0.1) is 6.58 Å². The van der Waals surface area contributed by atoms with Crippen LogP contribution in [0.4, 0.5) is 4.79 Å². The first kappa shape index (κ1) is 14.9. The Balaban J connectivity index is 4.33. The van der Waals surface area contributed by atoms with E-state index in [1.807, 2.05) is 0 Å². The molecule has 0 aliphatic carbocycles. The van der Waals surface area contributed by atoms with Crippen molar-refractivity contribution in [2.24, 2.45) is 0 Å². The molecule has 1 atom stereocenters. The van der Waals surface area contributed by atoms with Crippen molar-refractivity contribution in [3.05, 3.63) is 12.7 Å². The number of carboxylic acid groups (broad SMARTS) is 2. The molecule has 0 aliphatic heterocycles. The first-order chi connectivity index (χ1) is 7.88. The van der Waals surface area contributed by atoms with E-state index >= 15 is 0 Å². The first-order valence-electron chi connectivity index (χ1n) is 4.95. The van der Waals surface area contributed by atoms with Crippen molar-refractivity contribution in [3.8, 4) is 0 Å². The van der Waals surface area contributed by atoms with Gasteiger partial charge in [-0.2, -0.15) is 0 Å². The number of rotatable bonds is 7. The minimum atomic E-state index is -1.26. The summed E-state index contributed by atoms with van der Waals surface area (Å²) in [6.45, 7) is 3.72. The molecule has 0 fully saturated rings. The lowest BCUT2D eigenvalue weighted by molar-refractivity contribution is -0.140. The number of amides is 2. The lowest BCUT2D eigenvalue weighted by Gasteiger charge is -2.19. The monoisotopic (exact) mass is 244 g/mol. The van der Waals surface area contributed by atoms with Crippen LogP contribution in [0, 0.1) is 0 Å². The summed E-state index contributed by atoms with van der Waals surface area (Å²) in [5.74, 6) is -2.36. The third-order valence-corrected chi connectivity index (χ3v) is 1.99. The number of carbonyl (C=O) groups excluding carboxylic acids is 1. The van der Waals surface area contributed by atoms with Crippen molar-refractivity contribution in [1.29, 1.82) is 0 Å². The second-order valence-electron chi connectivity index (χ2n) is 3.44. The minimum Gasteiger partial charge on any atom is -0.481 e. The fourth-order valence-corrected chi connectivity index (χ4v) is 1.06. The molecule has 1 unspecified atom stereocenters. The highest BCUT2D eigenvalue weighted by Gasteiger charge is 2.22. The van der Waals surface area contributed by atoms with Gasteiger partial charge in [-0.3, -0.25) is 4.79 Å². The van der Waals surface area contributed by atoms with Crippen LogP contribution in [0.25, 0.3) is 0 Å². The smallest absolute Gasteiger partial charge is 0.326 e. The molecule has 0 saturated carbocycles. The lowest BCUT2D eigenvalue weighted by Crippen LogP contribution is -2.46. The van der Waals surface area contributed by atoms with E-state index in [-0.39, 0.29) is 19.4 Å². The van der Waals surface area contributed by atoms with Crippen molar-refractivity contribution in [2.45, 2.75) is 18.9 Å². The highest BCUT2D eigenvalue weighted by molar-refractivity contribution is 5.83. The molecule has 0 bridgehead atoms. The van der Waals surface area contributed by atoms with Gasteiger partial charge in [0.05, 0.1) is 0 Å². The molecule has 0 aromatic rings. The van der Waals surface area contributed by atoms with Crippen molar-refractivity contribution in [1.82, 2.24) is 10.2 Å². The van der Waals surface area contributed by atoms with E-state index in [1.165, 1.54) is 18.0 Å².